The highest BCUT2D eigenvalue weighted by Gasteiger charge is 2.47. The minimum Gasteiger partial charge on any atom is -0.507 e. The maximum Gasteiger partial charge on any atom is 0.295 e. The van der Waals surface area contributed by atoms with Crippen molar-refractivity contribution in [1.82, 2.24) is 4.90 Å². The largest absolute Gasteiger partial charge is 0.507 e. The number of ketones is 1. The second-order valence-electron chi connectivity index (χ2n) is 8.19. The van der Waals surface area contributed by atoms with Crippen LogP contribution >= 0.6 is 0 Å². The first-order chi connectivity index (χ1) is 14.9. The van der Waals surface area contributed by atoms with Crippen molar-refractivity contribution < 1.29 is 24.2 Å². The van der Waals surface area contributed by atoms with Crippen LogP contribution in [-0.2, 0) is 14.3 Å². The van der Waals surface area contributed by atoms with Gasteiger partial charge in [-0.2, -0.15) is 0 Å². The van der Waals surface area contributed by atoms with Crippen molar-refractivity contribution in [2.75, 3.05) is 20.3 Å². The van der Waals surface area contributed by atoms with E-state index in [-0.39, 0.29) is 17.4 Å². The van der Waals surface area contributed by atoms with Crippen LogP contribution in [0.15, 0.2) is 48.0 Å². The SMILES string of the molecule is COc1ccc(/C(O)=C2/C(=O)C(=O)N(CC3CCCO3)C2c2cccc(C)c2)cc1C. The molecule has 2 unspecified atom stereocenters. The lowest BCUT2D eigenvalue weighted by Crippen LogP contribution is -2.36. The smallest absolute Gasteiger partial charge is 0.295 e. The average molecular weight is 421 g/mol. The Labute approximate surface area is 182 Å². The molecule has 1 N–H and O–H groups in total. The minimum atomic E-state index is -0.671. The number of hydrogen-bond donors (Lipinski definition) is 1. The lowest BCUT2D eigenvalue weighted by atomic mass is 9.94. The van der Waals surface area contributed by atoms with E-state index < -0.39 is 17.7 Å². The van der Waals surface area contributed by atoms with Gasteiger partial charge >= 0.3 is 0 Å². The molecule has 2 aromatic rings. The van der Waals surface area contributed by atoms with Crippen molar-refractivity contribution in [3.05, 3.63) is 70.3 Å². The van der Waals surface area contributed by atoms with Gasteiger partial charge in [0.05, 0.1) is 24.8 Å². The maximum absolute atomic E-state index is 13.1. The minimum absolute atomic E-state index is 0.103. The number of rotatable bonds is 5. The molecule has 0 saturated carbocycles. The molecule has 0 bridgehead atoms. The second kappa shape index (κ2) is 8.55. The number of amides is 1. The average Bonchev–Trinajstić information content (AvgIpc) is 3.35. The Morgan fingerprint density at radius 1 is 1.19 bits per heavy atom. The number of aliphatic hydroxyl groups is 1. The van der Waals surface area contributed by atoms with Crippen LogP contribution in [0.2, 0.25) is 0 Å². The summed E-state index contributed by atoms with van der Waals surface area (Å²) in [4.78, 5) is 27.7. The Kier molecular flexibility index (Phi) is 5.83. The molecule has 31 heavy (non-hydrogen) atoms. The van der Waals surface area contributed by atoms with Crippen molar-refractivity contribution in [1.29, 1.82) is 0 Å². The third-order valence-corrected chi connectivity index (χ3v) is 5.99. The number of hydrogen-bond acceptors (Lipinski definition) is 5. The van der Waals surface area contributed by atoms with Crippen LogP contribution in [-0.4, -0.2) is 48.1 Å². The molecule has 2 fully saturated rings. The van der Waals surface area contributed by atoms with Crippen LogP contribution in [0.1, 0.15) is 41.1 Å². The van der Waals surface area contributed by atoms with Crippen LogP contribution in [0.3, 0.4) is 0 Å². The zero-order chi connectivity index (χ0) is 22.1. The molecule has 0 aliphatic carbocycles. The third kappa shape index (κ3) is 3.95. The summed E-state index contributed by atoms with van der Waals surface area (Å²) in [5, 5.41) is 11.2. The number of Topliss-reactive ketones (excluding diaryl/α,β-unsaturated/α-hetero) is 1. The van der Waals surface area contributed by atoms with E-state index in [0.717, 1.165) is 29.5 Å². The fourth-order valence-corrected chi connectivity index (χ4v) is 4.44. The molecule has 2 atom stereocenters. The lowest BCUT2D eigenvalue weighted by molar-refractivity contribution is -0.140. The highest BCUT2D eigenvalue weighted by Crippen LogP contribution is 2.40. The Hall–Kier alpha value is -3.12. The molecule has 0 aromatic heterocycles. The number of benzene rings is 2. The number of nitrogens with zero attached hydrogens (tertiary/aromatic N) is 1. The van der Waals surface area contributed by atoms with Crippen molar-refractivity contribution in [2.45, 2.75) is 38.8 Å². The van der Waals surface area contributed by atoms with E-state index >= 15 is 0 Å². The second-order valence-corrected chi connectivity index (χ2v) is 8.19. The Morgan fingerprint density at radius 2 is 2.00 bits per heavy atom. The predicted molar refractivity (Wildman–Crippen MR) is 117 cm³/mol. The molecule has 2 aliphatic heterocycles. The first-order valence-corrected chi connectivity index (χ1v) is 10.5. The van der Waals surface area contributed by atoms with Crippen molar-refractivity contribution in [3.8, 4) is 5.75 Å². The molecule has 2 heterocycles. The molecule has 162 valence electrons. The maximum atomic E-state index is 13.1. The van der Waals surface area contributed by atoms with Gasteiger partial charge in [-0.3, -0.25) is 9.59 Å². The molecule has 1 amide bonds. The summed E-state index contributed by atoms with van der Waals surface area (Å²) < 4.78 is 11.0. The summed E-state index contributed by atoms with van der Waals surface area (Å²) in [5.41, 5.74) is 3.22. The van der Waals surface area contributed by atoms with E-state index in [1.807, 2.05) is 38.1 Å². The summed E-state index contributed by atoms with van der Waals surface area (Å²) in [5.74, 6) is -0.764. The first-order valence-electron chi connectivity index (χ1n) is 10.5. The van der Waals surface area contributed by atoms with E-state index in [1.54, 1.807) is 30.2 Å². The van der Waals surface area contributed by atoms with Crippen molar-refractivity contribution in [2.24, 2.45) is 0 Å². The van der Waals surface area contributed by atoms with Gasteiger partial charge in [0, 0.05) is 18.7 Å². The fraction of sp³-hybridized carbons (Fsp3) is 0.360. The third-order valence-electron chi connectivity index (χ3n) is 5.99. The lowest BCUT2D eigenvalue weighted by Gasteiger charge is -2.27. The van der Waals surface area contributed by atoms with Crippen LogP contribution in [0, 0.1) is 13.8 Å². The molecule has 0 spiro atoms. The van der Waals surface area contributed by atoms with Gasteiger partial charge in [0.1, 0.15) is 11.5 Å². The summed E-state index contributed by atoms with van der Waals surface area (Å²) in [6.07, 6.45) is 1.68. The van der Waals surface area contributed by atoms with E-state index in [2.05, 4.69) is 0 Å². The van der Waals surface area contributed by atoms with Crippen LogP contribution in [0.5, 0.6) is 5.75 Å². The molecule has 0 radical (unpaired) electrons. The van der Waals surface area contributed by atoms with E-state index in [4.69, 9.17) is 9.47 Å². The number of methoxy groups -OCH3 is 1. The van der Waals surface area contributed by atoms with Crippen molar-refractivity contribution >= 4 is 17.4 Å². The van der Waals surface area contributed by atoms with Crippen LogP contribution < -0.4 is 4.74 Å². The van der Waals surface area contributed by atoms with Crippen LogP contribution in [0.25, 0.3) is 5.76 Å². The molecule has 2 saturated heterocycles. The molecule has 6 nitrogen and oxygen atoms in total. The Bertz CT molecular complexity index is 1050. The van der Waals surface area contributed by atoms with Gasteiger partial charge in [0.25, 0.3) is 11.7 Å². The topological polar surface area (TPSA) is 76.1 Å². The molecular weight excluding hydrogens is 394 g/mol. The van der Waals surface area contributed by atoms with Gasteiger partial charge in [-0.1, -0.05) is 29.8 Å². The summed E-state index contributed by atoms with van der Waals surface area (Å²) >= 11 is 0. The van der Waals surface area contributed by atoms with E-state index in [0.29, 0.717) is 24.5 Å². The van der Waals surface area contributed by atoms with Gasteiger partial charge in [0.15, 0.2) is 0 Å². The molecule has 2 aromatic carbocycles. The van der Waals surface area contributed by atoms with Gasteiger partial charge in [-0.15, -0.1) is 0 Å². The summed E-state index contributed by atoms with van der Waals surface area (Å²) in [7, 11) is 1.58. The normalized spacial score (nSPS) is 22.9. The van der Waals surface area contributed by atoms with Crippen molar-refractivity contribution in [3.63, 3.8) is 0 Å². The van der Waals surface area contributed by atoms with E-state index in [1.165, 1.54) is 0 Å². The van der Waals surface area contributed by atoms with Crippen LogP contribution in [0.4, 0.5) is 0 Å². The standard InChI is InChI=1S/C25H27NO5/c1-15-6-4-7-17(12-15)22-21(23(27)18-9-10-20(30-3)16(2)13-18)24(28)25(29)26(22)14-19-8-5-11-31-19/h4,6-7,9-10,12-13,19,22,27H,5,8,11,14H2,1-3H3/b23-21-. The number of carbonyl (C=O) groups excluding carboxylic acids is 2. The molecular formula is C25H27NO5. The molecule has 6 heteroatoms. The predicted octanol–water partition coefficient (Wildman–Crippen LogP) is 3.91. The van der Waals surface area contributed by atoms with E-state index in [9.17, 15) is 14.7 Å². The molecule has 4 rings (SSSR count). The number of ether oxygens (including phenoxy) is 2. The zero-order valence-electron chi connectivity index (χ0n) is 18.1. The number of aryl methyl sites for hydroxylation is 2. The Morgan fingerprint density at radius 3 is 2.65 bits per heavy atom. The Balaban J connectivity index is 1.83. The quantitative estimate of drug-likeness (QED) is 0.450. The van der Waals surface area contributed by atoms with Gasteiger partial charge in [-0.05, 0) is 56.0 Å². The first kappa shape index (κ1) is 21.1. The number of aliphatic hydroxyl groups excluding tert-OH is 1. The van der Waals surface area contributed by atoms with Gasteiger partial charge < -0.3 is 19.5 Å². The van der Waals surface area contributed by atoms with Gasteiger partial charge in [-0.25, -0.2) is 0 Å². The zero-order valence-corrected chi connectivity index (χ0v) is 18.1. The number of carbonyl (C=O) groups is 2. The fourth-order valence-electron chi connectivity index (χ4n) is 4.44. The highest BCUT2D eigenvalue weighted by molar-refractivity contribution is 6.46. The monoisotopic (exact) mass is 421 g/mol. The van der Waals surface area contributed by atoms with Gasteiger partial charge in [0.2, 0.25) is 0 Å². The number of likely N-dealkylation sites (tertiary alicyclic amines) is 1. The molecule has 2 aliphatic rings. The summed E-state index contributed by atoms with van der Waals surface area (Å²) in [6, 6.07) is 12.2. The highest BCUT2D eigenvalue weighted by atomic mass is 16.5. The summed E-state index contributed by atoms with van der Waals surface area (Å²) in [6.45, 7) is 4.81.